The molecule has 0 aromatic heterocycles. The zero-order valence-electron chi connectivity index (χ0n) is 10.7. The smallest absolute Gasteiger partial charge is 0.161 e. The molecule has 18 heavy (non-hydrogen) atoms. The van der Waals surface area contributed by atoms with Crippen molar-refractivity contribution in [3.05, 3.63) is 23.2 Å². The molecule has 98 valence electrons. The van der Waals surface area contributed by atoms with Gasteiger partial charge in [-0.2, -0.15) is 0 Å². The van der Waals surface area contributed by atoms with Crippen LogP contribution in [0, 0.1) is 5.92 Å². The van der Waals surface area contributed by atoms with Crippen LogP contribution in [0.15, 0.2) is 23.2 Å². The molecule has 0 saturated carbocycles. The molecule has 5 heteroatoms. The predicted molar refractivity (Wildman–Crippen MR) is 80.1 cm³/mol. The van der Waals surface area contributed by atoms with E-state index in [1.807, 2.05) is 18.2 Å². The molecule has 2 rings (SSSR count). The molecule has 0 bridgehead atoms. The Hall–Kier alpha value is -0.870. The summed E-state index contributed by atoms with van der Waals surface area (Å²) in [7, 11) is 1.61. The van der Waals surface area contributed by atoms with Crippen LogP contribution in [-0.4, -0.2) is 24.1 Å². The molecular formula is C13H17ClN2OS. The number of ether oxygens (including phenoxy) is 1. The number of anilines is 1. The Labute approximate surface area is 117 Å². The van der Waals surface area contributed by atoms with Gasteiger partial charge in [0.25, 0.3) is 0 Å². The number of amidine groups is 1. The average molecular weight is 285 g/mol. The molecule has 0 spiro atoms. The van der Waals surface area contributed by atoms with Crippen molar-refractivity contribution < 1.29 is 4.74 Å². The minimum absolute atomic E-state index is 0.409. The maximum atomic E-state index is 5.99. The monoisotopic (exact) mass is 284 g/mol. The summed E-state index contributed by atoms with van der Waals surface area (Å²) in [5, 5.41) is 4.89. The van der Waals surface area contributed by atoms with Crippen molar-refractivity contribution in [2.75, 3.05) is 18.2 Å². The Morgan fingerprint density at radius 1 is 1.50 bits per heavy atom. The van der Waals surface area contributed by atoms with E-state index in [9.17, 15) is 0 Å². The van der Waals surface area contributed by atoms with Crippen LogP contribution in [0.4, 0.5) is 5.69 Å². The highest BCUT2D eigenvalue weighted by Crippen LogP contribution is 2.29. The third kappa shape index (κ3) is 3.12. The third-order valence-electron chi connectivity index (χ3n) is 2.85. The van der Waals surface area contributed by atoms with Gasteiger partial charge < -0.3 is 10.1 Å². The Bertz CT molecular complexity index is 462. The molecule has 1 atom stereocenters. The average Bonchev–Trinajstić information content (AvgIpc) is 2.80. The molecule has 1 aliphatic heterocycles. The van der Waals surface area contributed by atoms with Crippen LogP contribution >= 0.6 is 23.4 Å². The molecular weight excluding hydrogens is 268 g/mol. The maximum absolute atomic E-state index is 5.99. The van der Waals surface area contributed by atoms with Gasteiger partial charge in [0.2, 0.25) is 0 Å². The van der Waals surface area contributed by atoms with Crippen molar-refractivity contribution in [3.8, 4) is 5.75 Å². The number of benzene rings is 1. The minimum Gasteiger partial charge on any atom is -0.495 e. The first-order valence-electron chi connectivity index (χ1n) is 5.91. The van der Waals surface area contributed by atoms with Crippen LogP contribution in [0.1, 0.15) is 13.8 Å². The maximum Gasteiger partial charge on any atom is 0.161 e. The van der Waals surface area contributed by atoms with E-state index in [1.165, 1.54) is 0 Å². The molecule has 1 aliphatic rings. The van der Waals surface area contributed by atoms with Crippen LogP contribution in [0.25, 0.3) is 0 Å². The first-order valence-corrected chi connectivity index (χ1v) is 7.27. The lowest BCUT2D eigenvalue weighted by Gasteiger charge is -2.09. The molecule has 3 nitrogen and oxygen atoms in total. The van der Waals surface area contributed by atoms with Crippen molar-refractivity contribution in [1.82, 2.24) is 0 Å². The summed E-state index contributed by atoms with van der Waals surface area (Å²) >= 11 is 7.75. The van der Waals surface area contributed by atoms with Gasteiger partial charge >= 0.3 is 0 Å². The van der Waals surface area contributed by atoms with Crippen LogP contribution in [0.3, 0.4) is 0 Å². The number of rotatable bonds is 3. The number of nitrogens with one attached hydrogen (secondary N) is 1. The highest BCUT2D eigenvalue weighted by atomic mass is 35.5. The quantitative estimate of drug-likeness (QED) is 0.914. The third-order valence-corrected chi connectivity index (χ3v) is 4.15. The second-order valence-corrected chi connectivity index (χ2v) is 5.95. The summed E-state index contributed by atoms with van der Waals surface area (Å²) in [5.74, 6) is 2.30. The van der Waals surface area contributed by atoms with E-state index in [0.717, 1.165) is 16.6 Å². The molecule has 0 saturated heterocycles. The summed E-state index contributed by atoms with van der Waals surface area (Å²) in [4.78, 5) is 4.66. The normalized spacial score (nSPS) is 18.9. The van der Waals surface area contributed by atoms with E-state index in [-0.39, 0.29) is 0 Å². The highest BCUT2D eigenvalue weighted by Gasteiger charge is 2.21. The van der Waals surface area contributed by atoms with Crippen molar-refractivity contribution in [3.63, 3.8) is 0 Å². The van der Waals surface area contributed by atoms with Gasteiger partial charge in [-0.25, -0.2) is 0 Å². The molecule has 1 aromatic carbocycles. The fourth-order valence-corrected chi connectivity index (χ4v) is 3.04. The number of nitrogens with zero attached hydrogens (tertiary/aromatic N) is 1. The number of hydrogen-bond acceptors (Lipinski definition) is 4. The van der Waals surface area contributed by atoms with E-state index < -0.39 is 0 Å². The fraction of sp³-hybridized carbons (Fsp3) is 0.462. The summed E-state index contributed by atoms with van der Waals surface area (Å²) < 4.78 is 5.19. The van der Waals surface area contributed by atoms with Crippen molar-refractivity contribution in [2.24, 2.45) is 10.9 Å². The lowest BCUT2D eigenvalue weighted by Crippen LogP contribution is -2.12. The number of methoxy groups -OCH3 is 1. The van der Waals surface area contributed by atoms with E-state index in [1.54, 1.807) is 18.9 Å². The Morgan fingerprint density at radius 2 is 2.28 bits per heavy atom. The van der Waals surface area contributed by atoms with Gasteiger partial charge in [-0.3, -0.25) is 4.99 Å². The molecule has 0 amide bonds. The van der Waals surface area contributed by atoms with Gasteiger partial charge in [-0.15, -0.1) is 0 Å². The fourth-order valence-electron chi connectivity index (χ4n) is 1.66. The lowest BCUT2D eigenvalue weighted by atomic mass is 10.1. The zero-order valence-corrected chi connectivity index (χ0v) is 12.3. The first-order chi connectivity index (χ1) is 8.60. The van der Waals surface area contributed by atoms with Gasteiger partial charge in [0.15, 0.2) is 5.17 Å². The molecule has 1 N–H and O–H groups in total. The molecule has 1 unspecified atom stereocenters. The zero-order chi connectivity index (χ0) is 13.1. The van der Waals surface area contributed by atoms with E-state index in [2.05, 4.69) is 24.2 Å². The van der Waals surface area contributed by atoms with Crippen molar-refractivity contribution >= 4 is 34.2 Å². The van der Waals surface area contributed by atoms with Gasteiger partial charge in [0.1, 0.15) is 5.75 Å². The van der Waals surface area contributed by atoms with E-state index >= 15 is 0 Å². The van der Waals surface area contributed by atoms with Crippen LogP contribution in [-0.2, 0) is 0 Å². The number of hydrogen-bond donors (Lipinski definition) is 1. The lowest BCUT2D eigenvalue weighted by molar-refractivity contribution is 0.415. The van der Waals surface area contributed by atoms with Crippen LogP contribution in [0.5, 0.6) is 5.75 Å². The Morgan fingerprint density at radius 3 is 2.89 bits per heavy atom. The van der Waals surface area contributed by atoms with Gasteiger partial charge in [-0.05, 0) is 18.1 Å². The van der Waals surface area contributed by atoms with Crippen molar-refractivity contribution in [2.45, 2.75) is 19.9 Å². The summed E-state index contributed by atoms with van der Waals surface area (Å²) in [5.41, 5.74) is 0.951. The van der Waals surface area contributed by atoms with Crippen molar-refractivity contribution in [1.29, 1.82) is 0 Å². The van der Waals surface area contributed by atoms with Crippen LogP contribution in [0.2, 0.25) is 5.02 Å². The molecule has 1 aromatic rings. The standard InChI is InChI=1S/C13H17ClN2OS/c1-8(2)11-7-18-13(16-11)15-9-4-5-10(14)12(6-9)17-3/h4-6,8,11H,7H2,1-3H3,(H,15,16). The largest absolute Gasteiger partial charge is 0.495 e. The minimum atomic E-state index is 0.409. The summed E-state index contributed by atoms with van der Waals surface area (Å²) in [6, 6.07) is 6.04. The molecule has 1 heterocycles. The topological polar surface area (TPSA) is 33.6 Å². The first kappa shape index (κ1) is 13.6. The molecule has 0 radical (unpaired) electrons. The highest BCUT2D eigenvalue weighted by molar-refractivity contribution is 8.14. The van der Waals surface area contributed by atoms with Gasteiger partial charge in [0.05, 0.1) is 18.2 Å². The second kappa shape index (κ2) is 5.85. The van der Waals surface area contributed by atoms with E-state index in [4.69, 9.17) is 16.3 Å². The summed E-state index contributed by atoms with van der Waals surface area (Å²) in [6.45, 7) is 4.39. The van der Waals surface area contributed by atoms with Gasteiger partial charge in [-0.1, -0.05) is 37.2 Å². The molecule has 0 fully saturated rings. The number of aliphatic imine (C=N–C) groups is 1. The number of halogens is 1. The Kier molecular flexibility index (Phi) is 4.40. The van der Waals surface area contributed by atoms with Crippen LogP contribution < -0.4 is 10.1 Å². The number of thioether (sulfide) groups is 1. The molecule has 0 aliphatic carbocycles. The Balaban J connectivity index is 2.08. The second-order valence-electron chi connectivity index (χ2n) is 4.53. The van der Waals surface area contributed by atoms with E-state index in [0.29, 0.717) is 22.7 Å². The van der Waals surface area contributed by atoms with Gasteiger partial charge in [0, 0.05) is 17.5 Å². The summed E-state index contributed by atoms with van der Waals surface area (Å²) in [6.07, 6.45) is 0. The SMILES string of the molecule is COc1cc(NC2=NC(C(C)C)CS2)ccc1Cl. The predicted octanol–water partition coefficient (Wildman–Crippen LogP) is 3.89.